The molecule has 6 heteroatoms. The molecule has 0 saturated carbocycles. The lowest BCUT2D eigenvalue weighted by Gasteiger charge is -2.27. The molecule has 2 atom stereocenters. The highest BCUT2D eigenvalue weighted by Crippen LogP contribution is 2.08. The third-order valence-electron chi connectivity index (χ3n) is 4.21. The summed E-state index contributed by atoms with van der Waals surface area (Å²) >= 11 is 0. The normalized spacial score (nSPS) is 21.4. The molecule has 1 fully saturated rings. The number of hydrogen-bond acceptors (Lipinski definition) is 4. The molecular formula is C17H27N3O3. The van der Waals surface area contributed by atoms with Gasteiger partial charge in [-0.2, -0.15) is 0 Å². The van der Waals surface area contributed by atoms with Crippen LogP contribution < -0.4 is 16.2 Å². The van der Waals surface area contributed by atoms with Crippen LogP contribution in [0.1, 0.15) is 42.6 Å². The second-order valence-corrected chi connectivity index (χ2v) is 6.77. The van der Waals surface area contributed by atoms with Gasteiger partial charge in [-0.1, -0.05) is 13.8 Å². The number of β-amino-alcohol motifs (C(OH)–C–C–N with tert-alkyl or cyclic N) is 1. The van der Waals surface area contributed by atoms with Crippen LogP contribution in [-0.4, -0.2) is 40.8 Å². The third kappa shape index (κ3) is 4.65. The predicted octanol–water partition coefficient (Wildman–Crippen LogP) is 0.655. The molecule has 0 unspecified atom stereocenters. The molecule has 1 aromatic heterocycles. The van der Waals surface area contributed by atoms with E-state index in [9.17, 15) is 14.7 Å². The first kappa shape index (κ1) is 17.7. The predicted molar refractivity (Wildman–Crippen MR) is 89.6 cm³/mol. The Bertz CT molecular complexity index is 610. The summed E-state index contributed by atoms with van der Waals surface area (Å²) in [6, 6.07) is 1.65. The lowest BCUT2D eigenvalue weighted by Crippen LogP contribution is -2.51. The number of pyridine rings is 1. The first-order valence-corrected chi connectivity index (χ1v) is 8.28. The van der Waals surface area contributed by atoms with Crippen LogP contribution in [0.4, 0.5) is 0 Å². The minimum absolute atomic E-state index is 0.158. The highest BCUT2D eigenvalue weighted by molar-refractivity contribution is 5.95. The molecular weight excluding hydrogens is 294 g/mol. The Morgan fingerprint density at radius 2 is 2.22 bits per heavy atom. The van der Waals surface area contributed by atoms with Gasteiger partial charge in [-0.3, -0.25) is 9.59 Å². The fraction of sp³-hybridized carbons (Fsp3) is 0.647. The number of hydrogen-bond donors (Lipinski definition) is 3. The van der Waals surface area contributed by atoms with E-state index in [0.717, 1.165) is 6.42 Å². The second kappa shape index (κ2) is 7.75. The van der Waals surface area contributed by atoms with Gasteiger partial charge in [-0.25, -0.2) is 0 Å². The Morgan fingerprint density at radius 3 is 2.87 bits per heavy atom. The highest BCUT2D eigenvalue weighted by Gasteiger charge is 2.24. The van der Waals surface area contributed by atoms with Crippen molar-refractivity contribution in [1.29, 1.82) is 0 Å². The van der Waals surface area contributed by atoms with Crippen molar-refractivity contribution < 1.29 is 9.90 Å². The Morgan fingerprint density at radius 1 is 1.48 bits per heavy atom. The number of rotatable bonds is 5. The maximum absolute atomic E-state index is 12.6. The van der Waals surface area contributed by atoms with Crippen molar-refractivity contribution >= 4 is 5.91 Å². The van der Waals surface area contributed by atoms with Gasteiger partial charge >= 0.3 is 0 Å². The van der Waals surface area contributed by atoms with Crippen LogP contribution >= 0.6 is 0 Å². The van der Waals surface area contributed by atoms with Gasteiger partial charge in [0.05, 0.1) is 6.10 Å². The minimum atomic E-state index is -0.464. The van der Waals surface area contributed by atoms with E-state index < -0.39 is 6.10 Å². The van der Waals surface area contributed by atoms with Crippen molar-refractivity contribution in [3.8, 4) is 0 Å². The number of carbonyl (C=O) groups is 1. The smallest absolute Gasteiger partial charge is 0.263 e. The molecule has 1 saturated heterocycles. The van der Waals surface area contributed by atoms with Gasteiger partial charge in [-0.15, -0.1) is 0 Å². The van der Waals surface area contributed by atoms with E-state index in [1.165, 1.54) is 0 Å². The van der Waals surface area contributed by atoms with Crippen LogP contribution in [0.15, 0.2) is 17.1 Å². The summed E-state index contributed by atoms with van der Waals surface area (Å²) in [4.78, 5) is 25.1. The van der Waals surface area contributed by atoms with Crippen molar-refractivity contribution in [2.24, 2.45) is 5.92 Å². The molecule has 1 amide bonds. The van der Waals surface area contributed by atoms with Crippen molar-refractivity contribution in [3.63, 3.8) is 0 Å². The SMILES string of the molecule is Cc1ccn(CCC(C)C)c(=O)c1C(=O)N[C@@H]1CNC[C@H](O)C1. The lowest BCUT2D eigenvalue weighted by atomic mass is 10.0. The van der Waals surface area contributed by atoms with Crippen LogP contribution in [0.5, 0.6) is 0 Å². The summed E-state index contributed by atoms with van der Waals surface area (Å²) in [5, 5.41) is 15.6. The van der Waals surface area contributed by atoms with E-state index in [2.05, 4.69) is 24.5 Å². The Kier molecular flexibility index (Phi) is 5.96. The van der Waals surface area contributed by atoms with Crippen molar-refractivity contribution in [2.75, 3.05) is 13.1 Å². The molecule has 0 aromatic carbocycles. The lowest BCUT2D eigenvalue weighted by molar-refractivity contribution is 0.0873. The second-order valence-electron chi connectivity index (χ2n) is 6.77. The Hall–Kier alpha value is -1.66. The number of aliphatic hydroxyl groups excluding tert-OH is 1. The third-order valence-corrected chi connectivity index (χ3v) is 4.21. The molecule has 1 aliphatic heterocycles. The summed E-state index contributed by atoms with van der Waals surface area (Å²) in [5.74, 6) is 0.141. The average Bonchev–Trinajstić information content (AvgIpc) is 2.46. The van der Waals surface area contributed by atoms with Crippen molar-refractivity contribution in [2.45, 2.75) is 52.3 Å². The van der Waals surface area contributed by atoms with E-state index in [4.69, 9.17) is 0 Å². The molecule has 0 spiro atoms. The van der Waals surface area contributed by atoms with Gasteiger partial charge < -0.3 is 20.3 Å². The number of nitrogens with one attached hydrogen (secondary N) is 2. The Labute approximate surface area is 136 Å². The molecule has 2 heterocycles. The quantitative estimate of drug-likeness (QED) is 0.744. The number of carbonyl (C=O) groups excluding carboxylic acids is 1. The standard InChI is InChI=1S/C17H27N3O3/c1-11(2)4-6-20-7-5-12(3)15(17(20)23)16(22)19-13-8-14(21)10-18-9-13/h5,7,11,13-14,18,21H,4,6,8-10H2,1-3H3,(H,19,22)/t13-,14+/m0/s1. The zero-order chi connectivity index (χ0) is 17.0. The molecule has 0 radical (unpaired) electrons. The maximum atomic E-state index is 12.6. The summed E-state index contributed by atoms with van der Waals surface area (Å²) in [5.41, 5.74) is 0.640. The molecule has 128 valence electrons. The topological polar surface area (TPSA) is 83.4 Å². The fourth-order valence-corrected chi connectivity index (χ4v) is 2.80. The van der Waals surface area contributed by atoms with E-state index in [1.54, 1.807) is 17.7 Å². The summed E-state index contributed by atoms with van der Waals surface area (Å²) < 4.78 is 1.61. The number of aryl methyl sites for hydroxylation is 2. The van der Waals surface area contributed by atoms with Crippen LogP contribution in [0.25, 0.3) is 0 Å². The largest absolute Gasteiger partial charge is 0.392 e. The summed E-state index contributed by atoms with van der Waals surface area (Å²) in [6.45, 7) is 7.75. The molecule has 6 nitrogen and oxygen atoms in total. The van der Waals surface area contributed by atoms with Gasteiger partial charge in [0, 0.05) is 31.9 Å². The number of nitrogens with zero attached hydrogens (tertiary/aromatic N) is 1. The highest BCUT2D eigenvalue weighted by atomic mass is 16.3. The minimum Gasteiger partial charge on any atom is -0.392 e. The summed E-state index contributed by atoms with van der Waals surface area (Å²) in [7, 11) is 0. The molecule has 23 heavy (non-hydrogen) atoms. The van der Waals surface area contributed by atoms with Gasteiger partial charge in [0.25, 0.3) is 11.5 Å². The zero-order valence-corrected chi connectivity index (χ0v) is 14.1. The average molecular weight is 321 g/mol. The van der Waals surface area contributed by atoms with Crippen molar-refractivity contribution in [3.05, 3.63) is 33.7 Å². The zero-order valence-electron chi connectivity index (χ0n) is 14.1. The van der Waals surface area contributed by atoms with Gasteiger partial charge in [0.15, 0.2) is 0 Å². The maximum Gasteiger partial charge on any atom is 0.263 e. The molecule has 0 aliphatic carbocycles. The van der Waals surface area contributed by atoms with E-state index in [0.29, 0.717) is 37.5 Å². The van der Waals surface area contributed by atoms with Gasteiger partial charge in [0.1, 0.15) is 5.56 Å². The van der Waals surface area contributed by atoms with E-state index in [1.807, 2.05) is 6.07 Å². The van der Waals surface area contributed by atoms with Crippen LogP contribution in [0, 0.1) is 12.8 Å². The van der Waals surface area contributed by atoms with Crippen LogP contribution in [0.2, 0.25) is 0 Å². The molecule has 2 rings (SSSR count). The van der Waals surface area contributed by atoms with Crippen LogP contribution in [0.3, 0.4) is 0 Å². The monoisotopic (exact) mass is 321 g/mol. The fourth-order valence-electron chi connectivity index (χ4n) is 2.80. The van der Waals surface area contributed by atoms with Crippen molar-refractivity contribution in [1.82, 2.24) is 15.2 Å². The molecule has 0 bridgehead atoms. The Balaban J connectivity index is 2.15. The molecule has 3 N–H and O–H groups in total. The first-order chi connectivity index (χ1) is 10.9. The summed E-state index contributed by atoms with van der Waals surface area (Å²) in [6.07, 6.45) is 2.69. The van der Waals surface area contributed by atoms with Gasteiger partial charge in [-0.05, 0) is 37.3 Å². The molecule has 1 aliphatic rings. The number of aromatic nitrogens is 1. The molecule has 1 aromatic rings. The van der Waals surface area contributed by atoms with E-state index in [-0.39, 0.29) is 23.1 Å². The van der Waals surface area contributed by atoms with E-state index >= 15 is 0 Å². The number of amides is 1. The number of piperidine rings is 1. The number of aliphatic hydroxyl groups is 1. The van der Waals surface area contributed by atoms with Crippen LogP contribution in [-0.2, 0) is 6.54 Å². The first-order valence-electron chi connectivity index (χ1n) is 8.28. The van der Waals surface area contributed by atoms with Gasteiger partial charge in [0.2, 0.25) is 0 Å².